The van der Waals surface area contributed by atoms with Crippen molar-refractivity contribution >= 4 is 11.5 Å². The van der Waals surface area contributed by atoms with Crippen LogP contribution < -0.4 is 10.6 Å². The van der Waals surface area contributed by atoms with Gasteiger partial charge in [-0.1, -0.05) is 48.6 Å². The molecule has 0 bridgehead atoms. The van der Waals surface area contributed by atoms with Crippen LogP contribution in [-0.4, -0.2) is 37.3 Å². The van der Waals surface area contributed by atoms with Crippen molar-refractivity contribution in [3.8, 4) is 11.4 Å². The van der Waals surface area contributed by atoms with Gasteiger partial charge in [-0.05, 0) is 43.7 Å². The summed E-state index contributed by atoms with van der Waals surface area (Å²) in [5, 5.41) is 14.3. The van der Waals surface area contributed by atoms with E-state index in [9.17, 15) is 4.79 Å². The van der Waals surface area contributed by atoms with Gasteiger partial charge in [-0.15, -0.1) is 10.2 Å². The van der Waals surface area contributed by atoms with E-state index in [1.807, 2.05) is 98.7 Å². The maximum absolute atomic E-state index is 12.9. The molecule has 2 N–H and O–H groups in total. The van der Waals surface area contributed by atoms with Crippen LogP contribution in [0.15, 0.2) is 85.1 Å². The number of carbonyl (C=O) groups excluding carboxylic acids is 1. The van der Waals surface area contributed by atoms with Crippen LogP contribution in [0.4, 0.5) is 0 Å². The first-order valence-electron chi connectivity index (χ1n) is 12.2. The van der Waals surface area contributed by atoms with Crippen LogP contribution >= 0.6 is 0 Å². The molecule has 1 saturated carbocycles. The Hall–Kier alpha value is -4.20. The van der Waals surface area contributed by atoms with E-state index in [1.54, 1.807) is 6.33 Å². The average molecular weight is 484 g/mol. The van der Waals surface area contributed by atoms with Crippen molar-refractivity contribution < 1.29 is 4.79 Å². The fraction of sp³-hybridized carbons (Fsp3) is 0.286. The Morgan fingerprint density at radius 2 is 1.97 bits per heavy atom. The highest BCUT2D eigenvalue weighted by atomic mass is 16.1. The number of nitrogens with one attached hydrogen (secondary N) is 2. The molecule has 1 fully saturated rings. The van der Waals surface area contributed by atoms with Gasteiger partial charge in [0.05, 0.1) is 11.9 Å². The van der Waals surface area contributed by atoms with Crippen molar-refractivity contribution in [1.82, 2.24) is 34.9 Å². The second-order valence-electron chi connectivity index (χ2n) is 8.68. The van der Waals surface area contributed by atoms with Crippen LogP contribution in [0.25, 0.3) is 17.0 Å². The molecule has 0 unspecified atom stereocenters. The number of nitrogens with zero attached hydrogens (tertiary/aromatic N) is 5. The number of imidazole rings is 1. The highest BCUT2D eigenvalue weighted by molar-refractivity contribution is 5.83. The monoisotopic (exact) mass is 483 g/mol. The predicted molar refractivity (Wildman–Crippen MR) is 142 cm³/mol. The maximum atomic E-state index is 12.9. The van der Waals surface area contributed by atoms with Crippen molar-refractivity contribution in [3.05, 3.63) is 96.7 Å². The number of hydrogen-bond acceptors (Lipinski definition) is 5. The zero-order valence-corrected chi connectivity index (χ0v) is 21.1. The molecule has 1 aliphatic rings. The minimum absolute atomic E-state index is 0.0937. The van der Waals surface area contributed by atoms with Gasteiger partial charge in [0.25, 0.3) is 0 Å². The van der Waals surface area contributed by atoms with Crippen molar-refractivity contribution in [2.24, 2.45) is 7.05 Å². The summed E-state index contributed by atoms with van der Waals surface area (Å²) in [4.78, 5) is 17.5. The summed E-state index contributed by atoms with van der Waals surface area (Å²) in [6.07, 6.45) is 18.3. The summed E-state index contributed by atoms with van der Waals surface area (Å²) < 4.78 is 4.17. The highest BCUT2D eigenvalue weighted by Gasteiger charge is 2.25. The molecule has 36 heavy (non-hydrogen) atoms. The van der Waals surface area contributed by atoms with Crippen molar-refractivity contribution in [1.29, 1.82) is 0 Å². The van der Waals surface area contributed by atoms with Gasteiger partial charge in [-0.3, -0.25) is 4.79 Å². The first-order chi connectivity index (χ1) is 17.6. The van der Waals surface area contributed by atoms with E-state index in [-0.39, 0.29) is 12.3 Å². The molecule has 186 valence electrons. The van der Waals surface area contributed by atoms with E-state index in [0.29, 0.717) is 12.5 Å². The molecule has 2 aromatic heterocycles. The average Bonchev–Trinajstić information content (AvgIpc) is 3.50. The minimum atomic E-state index is -0.0937. The van der Waals surface area contributed by atoms with E-state index in [2.05, 4.69) is 30.4 Å². The van der Waals surface area contributed by atoms with Gasteiger partial charge in [-0.25, -0.2) is 4.98 Å². The fourth-order valence-electron chi connectivity index (χ4n) is 3.99. The predicted octanol–water partition coefficient (Wildman–Crippen LogP) is 4.34. The van der Waals surface area contributed by atoms with Crippen LogP contribution in [0, 0.1) is 0 Å². The summed E-state index contributed by atoms with van der Waals surface area (Å²) >= 11 is 0. The second kappa shape index (κ2) is 12.0. The van der Waals surface area contributed by atoms with Crippen molar-refractivity contribution in [3.63, 3.8) is 0 Å². The molecule has 3 aromatic rings. The normalized spacial score (nSPS) is 14.6. The molecule has 1 amide bonds. The van der Waals surface area contributed by atoms with E-state index in [1.165, 1.54) is 12.8 Å². The van der Waals surface area contributed by atoms with Crippen molar-refractivity contribution in [2.45, 2.75) is 38.6 Å². The first kappa shape index (κ1) is 24.9. The van der Waals surface area contributed by atoms with E-state index < -0.39 is 0 Å². The fourth-order valence-corrected chi connectivity index (χ4v) is 3.99. The Kier molecular flexibility index (Phi) is 8.28. The molecular weight excluding hydrogens is 450 g/mol. The Morgan fingerprint density at radius 1 is 1.17 bits per heavy atom. The molecule has 8 heteroatoms. The largest absolute Gasteiger partial charge is 0.394 e. The molecule has 0 aliphatic heterocycles. The standard InChI is InChI=1S/C28H33N7O/c1-4-8-23(12-15-26-33-31-20-35(26)24-13-14-24)32-27(36)16-11-21(17-18-29-2)25-19-30-28(34(25)3)22-9-6-5-7-10-22/h4-12,17-20,24,29H,13-16H2,1-3H3,(H,32,36)/b8-4-,18-17-,21-11+,23-12+. The summed E-state index contributed by atoms with van der Waals surface area (Å²) in [7, 11) is 3.83. The molecule has 1 aromatic carbocycles. The highest BCUT2D eigenvalue weighted by Crippen LogP contribution is 2.35. The van der Waals surface area contributed by atoms with E-state index in [4.69, 9.17) is 0 Å². The van der Waals surface area contributed by atoms with Gasteiger partial charge in [0.1, 0.15) is 18.0 Å². The van der Waals surface area contributed by atoms with E-state index in [0.717, 1.165) is 34.2 Å². The maximum Gasteiger partial charge on any atom is 0.228 e. The Morgan fingerprint density at radius 3 is 2.69 bits per heavy atom. The lowest BCUT2D eigenvalue weighted by atomic mass is 10.1. The van der Waals surface area contributed by atoms with Crippen LogP contribution in [0.2, 0.25) is 0 Å². The molecule has 1 aliphatic carbocycles. The molecule has 4 rings (SSSR count). The number of hydrogen-bond donors (Lipinski definition) is 2. The Balaban J connectivity index is 1.47. The van der Waals surface area contributed by atoms with E-state index >= 15 is 0 Å². The first-order valence-corrected chi connectivity index (χ1v) is 12.2. The number of rotatable bonds is 11. The van der Waals surface area contributed by atoms with Gasteiger partial charge in [0.15, 0.2) is 0 Å². The summed E-state index contributed by atoms with van der Waals surface area (Å²) in [6.45, 7) is 1.93. The quantitative estimate of drug-likeness (QED) is 0.396. The second-order valence-corrected chi connectivity index (χ2v) is 8.68. The topological polar surface area (TPSA) is 89.7 Å². The third kappa shape index (κ3) is 6.27. The van der Waals surface area contributed by atoms with Gasteiger partial charge >= 0.3 is 0 Å². The molecule has 2 heterocycles. The molecule has 0 saturated heterocycles. The lowest BCUT2D eigenvalue weighted by Crippen LogP contribution is -2.21. The molecule has 0 radical (unpaired) electrons. The summed E-state index contributed by atoms with van der Waals surface area (Å²) in [6, 6.07) is 10.6. The number of aromatic nitrogens is 5. The van der Waals surface area contributed by atoms with Crippen LogP contribution in [0.5, 0.6) is 0 Å². The third-order valence-corrected chi connectivity index (χ3v) is 5.97. The minimum Gasteiger partial charge on any atom is -0.394 e. The number of benzene rings is 1. The smallest absolute Gasteiger partial charge is 0.228 e. The number of allylic oxidation sites excluding steroid dienone is 5. The lowest BCUT2D eigenvalue weighted by Gasteiger charge is -2.09. The number of carbonyl (C=O) groups is 1. The van der Waals surface area contributed by atoms with Gasteiger partial charge < -0.3 is 19.8 Å². The molecule has 0 spiro atoms. The Bertz CT molecular complexity index is 1290. The van der Waals surface area contributed by atoms with Gasteiger partial charge in [0, 0.05) is 44.2 Å². The number of amides is 1. The molecule has 0 atom stereocenters. The van der Waals surface area contributed by atoms with Crippen LogP contribution in [-0.2, 0) is 18.3 Å². The summed E-state index contributed by atoms with van der Waals surface area (Å²) in [5.74, 6) is 1.69. The van der Waals surface area contributed by atoms with Crippen LogP contribution in [0.1, 0.15) is 43.7 Å². The molecule has 8 nitrogen and oxygen atoms in total. The summed E-state index contributed by atoms with van der Waals surface area (Å²) in [5.41, 5.74) is 3.63. The lowest BCUT2D eigenvalue weighted by molar-refractivity contribution is -0.119. The van der Waals surface area contributed by atoms with Crippen LogP contribution in [0.3, 0.4) is 0 Å². The van der Waals surface area contributed by atoms with Gasteiger partial charge in [-0.2, -0.15) is 0 Å². The van der Waals surface area contributed by atoms with Gasteiger partial charge in [0.2, 0.25) is 5.91 Å². The Labute approximate surface area is 212 Å². The zero-order valence-electron chi connectivity index (χ0n) is 21.1. The third-order valence-electron chi connectivity index (χ3n) is 5.97. The zero-order chi connectivity index (χ0) is 25.3. The van der Waals surface area contributed by atoms with Crippen molar-refractivity contribution in [2.75, 3.05) is 7.05 Å². The molecular formula is C28H33N7O. The SMILES string of the molecule is C/C=C\C(=C/Cc1nncn1C1CC1)NC(=O)C/C=C(\C=C/NC)c1cnc(-c2ccccc2)n1C.